The lowest BCUT2D eigenvalue weighted by molar-refractivity contribution is -0.137. The number of carboxylic acids is 2. The molecule has 8 nitrogen and oxygen atoms in total. The molecular formula is C37H54N4O4S4. The van der Waals surface area contributed by atoms with Crippen LogP contribution in [0.4, 0.5) is 0 Å². The van der Waals surface area contributed by atoms with Gasteiger partial charge in [0.15, 0.2) is 5.16 Å². The summed E-state index contributed by atoms with van der Waals surface area (Å²) in [6.45, 7) is 0. The topological polar surface area (TPSA) is 126 Å². The van der Waals surface area contributed by atoms with Crippen LogP contribution < -0.4 is 0 Å². The van der Waals surface area contributed by atoms with E-state index in [1.807, 2.05) is 60.1 Å². The lowest BCUT2D eigenvalue weighted by Crippen LogP contribution is -2.16. The van der Waals surface area contributed by atoms with Crippen molar-refractivity contribution < 1.29 is 19.8 Å². The minimum atomic E-state index is -0.769. The van der Waals surface area contributed by atoms with Gasteiger partial charge in [-0.1, -0.05) is 113 Å². The van der Waals surface area contributed by atoms with Crippen LogP contribution >= 0.6 is 47.0 Å². The molecule has 0 bridgehead atoms. The van der Waals surface area contributed by atoms with Crippen molar-refractivity contribution in [1.29, 1.82) is 0 Å². The molecule has 270 valence electrons. The fourth-order valence-electron chi connectivity index (χ4n) is 4.89. The molecule has 0 saturated heterocycles. The SMILES string of the molecule is CSCCCCCCCCCC(Sc1ncccn1)C(=O)O.O=C(O)C(CCCCCCCCCSc1ccccn1)Sc1ccccn1. The van der Waals surface area contributed by atoms with Crippen molar-refractivity contribution in [2.75, 3.05) is 17.8 Å². The van der Waals surface area contributed by atoms with Gasteiger partial charge in [0.25, 0.3) is 0 Å². The average molecular weight is 747 g/mol. The first-order valence-electron chi connectivity index (χ1n) is 17.5. The maximum Gasteiger partial charge on any atom is 0.317 e. The van der Waals surface area contributed by atoms with E-state index in [2.05, 4.69) is 32.3 Å². The molecule has 3 aromatic rings. The summed E-state index contributed by atoms with van der Waals surface area (Å²) in [5, 5.41) is 20.3. The first-order chi connectivity index (χ1) is 24.0. The second-order valence-electron chi connectivity index (χ2n) is 11.6. The lowest BCUT2D eigenvalue weighted by atomic mass is 10.1. The normalized spacial score (nSPS) is 12.1. The second-order valence-corrected chi connectivity index (χ2v) is 16.1. The van der Waals surface area contributed by atoms with Crippen LogP contribution in [0.1, 0.15) is 103 Å². The highest BCUT2D eigenvalue weighted by Gasteiger charge is 2.20. The number of aliphatic carboxylic acids is 2. The summed E-state index contributed by atoms with van der Waals surface area (Å²) in [6, 6.07) is 13.4. The molecule has 2 unspecified atom stereocenters. The minimum absolute atomic E-state index is 0.400. The van der Waals surface area contributed by atoms with Crippen LogP contribution in [-0.4, -0.2) is 70.3 Å². The van der Waals surface area contributed by atoms with Crippen LogP contribution in [0.2, 0.25) is 0 Å². The highest BCUT2D eigenvalue weighted by atomic mass is 32.2. The molecule has 3 aromatic heterocycles. The molecule has 0 fully saturated rings. The number of hydrogen-bond donors (Lipinski definition) is 2. The van der Waals surface area contributed by atoms with Gasteiger partial charge in [0.2, 0.25) is 0 Å². The monoisotopic (exact) mass is 746 g/mol. The van der Waals surface area contributed by atoms with Crippen LogP contribution in [0, 0.1) is 0 Å². The maximum atomic E-state index is 11.4. The van der Waals surface area contributed by atoms with Crippen LogP contribution in [0.25, 0.3) is 0 Å². The Morgan fingerprint density at radius 1 is 0.551 bits per heavy atom. The summed E-state index contributed by atoms with van der Waals surface area (Å²) in [5.41, 5.74) is 0. The number of hydrogen-bond acceptors (Lipinski definition) is 10. The third-order valence-electron chi connectivity index (χ3n) is 7.55. The van der Waals surface area contributed by atoms with Gasteiger partial charge in [0.1, 0.15) is 10.5 Å². The molecule has 0 radical (unpaired) electrons. The van der Waals surface area contributed by atoms with Crippen molar-refractivity contribution >= 4 is 59.0 Å². The van der Waals surface area contributed by atoms with Crippen molar-refractivity contribution in [2.45, 2.75) is 128 Å². The Morgan fingerprint density at radius 2 is 1.00 bits per heavy atom. The van der Waals surface area contributed by atoms with Crippen LogP contribution in [0.15, 0.2) is 82.5 Å². The molecule has 3 rings (SSSR count). The first kappa shape index (κ1) is 42.9. The van der Waals surface area contributed by atoms with E-state index in [0.717, 1.165) is 41.5 Å². The Labute approximate surface area is 310 Å². The van der Waals surface area contributed by atoms with Crippen LogP contribution in [-0.2, 0) is 9.59 Å². The molecule has 49 heavy (non-hydrogen) atoms. The van der Waals surface area contributed by atoms with Crippen molar-refractivity contribution in [1.82, 2.24) is 19.9 Å². The van der Waals surface area contributed by atoms with E-state index in [1.54, 1.807) is 24.7 Å². The Hall–Kier alpha value is -2.28. The fourth-order valence-corrected chi connectivity index (χ4v) is 8.09. The van der Waals surface area contributed by atoms with Gasteiger partial charge in [-0.25, -0.2) is 19.9 Å². The molecule has 2 N–H and O–H groups in total. The second kappa shape index (κ2) is 29.5. The highest BCUT2D eigenvalue weighted by Crippen LogP contribution is 2.26. The predicted molar refractivity (Wildman–Crippen MR) is 208 cm³/mol. The number of aromatic nitrogens is 4. The summed E-state index contributed by atoms with van der Waals surface area (Å²) in [5.74, 6) is 0.881. The third-order valence-corrected chi connectivity index (χ3v) is 11.6. The zero-order valence-electron chi connectivity index (χ0n) is 28.9. The van der Waals surface area contributed by atoms with Gasteiger partial charge in [-0.05, 0) is 73.8 Å². The zero-order valence-corrected chi connectivity index (χ0v) is 32.1. The Morgan fingerprint density at radius 3 is 1.49 bits per heavy atom. The van der Waals surface area contributed by atoms with Gasteiger partial charge in [-0.3, -0.25) is 9.59 Å². The van der Waals surface area contributed by atoms with Gasteiger partial charge in [0, 0.05) is 24.8 Å². The Kier molecular flexibility index (Phi) is 25.8. The molecule has 0 aromatic carbocycles. The minimum Gasteiger partial charge on any atom is -0.480 e. The standard InChI is InChI=1S/C21H28N2O2S2.C16H26N2O2S2/c24-21(25)18(27-20-14-8-10-16-23-20)12-6-4-2-1-3-5-11-17-26-19-13-7-9-15-22-19;1-21-13-8-6-4-2-3-5-7-10-14(15(19)20)22-16-17-11-9-12-18-16/h7-10,13-16,18H,1-6,11-12,17H2,(H,24,25);9,11-12,14H,2-8,10,13H2,1H3,(H,19,20). The van der Waals surface area contributed by atoms with E-state index >= 15 is 0 Å². The summed E-state index contributed by atoms with van der Waals surface area (Å²) in [7, 11) is 0. The first-order valence-corrected chi connectivity index (χ1v) is 21.6. The van der Waals surface area contributed by atoms with E-state index in [0.29, 0.717) is 18.0 Å². The molecule has 0 aliphatic heterocycles. The molecular weight excluding hydrogens is 693 g/mol. The van der Waals surface area contributed by atoms with E-state index in [9.17, 15) is 19.8 Å². The van der Waals surface area contributed by atoms with E-state index in [-0.39, 0.29) is 0 Å². The number of unbranched alkanes of at least 4 members (excludes halogenated alkanes) is 12. The molecule has 0 saturated carbocycles. The number of thioether (sulfide) groups is 4. The van der Waals surface area contributed by atoms with Gasteiger partial charge in [-0.2, -0.15) is 11.8 Å². The van der Waals surface area contributed by atoms with Gasteiger partial charge in [-0.15, -0.1) is 11.8 Å². The van der Waals surface area contributed by atoms with E-state index in [1.165, 1.54) is 93.5 Å². The van der Waals surface area contributed by atoms with E-state index in [4.69, 9.17) is 0 Å². The summed E-state index contributed by atoms with van der Waals surface area (Å²) in [4.78, 5) is 39.4. The van der Waals surface area contributed by atoms with Crippen molar-refractivity contribution in [3.05, 3.63) is 67.3 Å². The van der Waals surface area contributed by atoms with E-state index < -0.39 is 22.4 Å². The molecule has 3 heterocycles. The van der Waals surface area contributed by atoms with Crippen LogP contribution in [0.5, 0.6) is 0 Å². The van der Waals surface area contributed by atoms with Crippen molar-refractivity contribution in [2.24, 2.45) is 0 Å². The number of rotatable bonds is 27. The molecule has 0 amide bonds. The van der Waals surface area contributed by atoms with Gasteiger partial charge in [0.05, 0.1) is 10.1 Å². The fraction of sp³-hybridized carbons (Fsp3) is 0.568. The average Bonchev–Trinajstić information content (AvgIpc) is 3.12. The van der Waals surface area contributed by atoms with Crippen LogP contribution in [0.3, 0.4) is 0 Å². The number of nitrogens with zero attached hydrogens (tertiary/aromatic N) is 4. The molecule has 0 aliphatic rings. The summed E-state index contributed by atoms with van der Waals surface area (Å²) in [6.07, 6.45) is 27.1. The molecule has 0 aliphatic carbocycles. The number of pyridine rings is 2. The number of carboxylic acid groups (broad SMARTS) is 2. The largest absolute Gasteiger partial charge is 0.480 e. The van der Waals surface area contributed by atoms with Crippen molar-refractivity contribution in [3.8, 4) is 0 Å². The Bertz CT molecular complexity index is 1230. The highest BCUT2D eigenvalue weighted by molar-refractivity contribution is 8.00. The maximum absolute atomic E-state index is 11.4. The molecule has 12 heteroatoms. The smallest absolute Gasteiger partial charge is 0.317 e. The van der Waals surface area contributed by atoms with Crippen molar-refractivity contribution in [3.63, 3.8) is 0 Å². The summed E-state index contributed by atoms with van der Waals surface area (Å²) >= 11 is 6.34. The zero-order chi connectivity index (χ0) is 35.2. The summed E-state index contributed by atoms with van der Waals surface area (Å²) < 4.78 is 0. The quantitative estimate of drug-likeness (QED) is 0.0438. The van der Waals surface area contributed by atoms with Gasteiger partial charge < -0.3 is 10.2 Å². The third kappa shape index (κ3) is 22.9. The molecule has 2 atom stereocenters. The number of carbonyl (C=O) groups is 2. The Balaban J connectivity index is 0.000000348. The molecule has 0 spiro atoms. The lowest BCUT2D eigenvalue weighted by Gasteiger charge is -2.11. The van der Waals surface area contributed by atoms with Gasteiger partial charge >= 0.3 is 11.9 Å². The predicted octanol–water partition coefficient (Wildman–Crippen LogP) is 10.4.